The number of carbonyl (C=O) groups is 2. The van der Waals surface area contributed by atoms with Crippen LogP contribution in [0.2, 0.25) is 6.04 Å². The first kappa shape index (κ1) is 16.0. The zero-order valence-corrected chi connectivity index (χ0v) is 12.0. The number of methoxy groups -OCH3 is 1. The topological polar surface area (TPSA) is 101 Å². The number of rotatable bonds is 8. The number of ether oxygens (including phenoxy) is 1. The molecule has 1 aromatic carbocycles. The Bertz CT molecular complexity index is 496. The minimum Gasteiger partial charge on any atom is -0.497 e. The van der Waals surface area contributed by atoms with E-state index in [1.165, 1.54) is 7.11 Å². The van der Waals surface area contributed by atoms with Gasteiger partial charge in [0.15, 0.2) is 0 Å². The molecule has 0 aliphatic carbocycles. The molecule has 0 aliphatic rings. The van der Waals surface area contributed by atoms with Crippen LogP contribution in [-0.4, -0.2) is 37.9 Å². The molecule has 20 heavy (non-hydrogen) atoms. The van der Waals surface area contributed by atoms with Gasteiger partial charge in [-0.25, -0.2) is 0 Å². The van der Waals surface area contributed by atoms with Crippen molar-refractivity contribution in [2.24, 2.45) is 5.92 Å². The Balaban J connectivity index is 2.69. The van der Waals surface area contributed by atoms with Gasteiger partial charge in [-0.3, -0.25) is 9.59 Å². The van der Waals surface area contributed by atoms with Gasteiger partial charge in [0.05, 0.1) is 13.0 Å². The molecule has 0 unspecified atom stereocenters. The zero-order valence-electron chi connectivity index (χ0n) is 11.0. The molecule has 2 N–H and O–H groups in total. The Morgan fingerprint density at radius 3 is 2.30 bits per heavy atom. The van der Waals surface area contributed by atoms with Crippen molar-refractivity contribution in [2.45, 2.75) is 18.9 Å². The second-order valence-electron chi connectivity index (χ2n) is 4.32. The molecule has 1 atom stereocenters. The quantitative estimate of drug-likeness (QED) is 0.691. The summed E-state index contributed by atoms with van der Waals surface area (Å²) in [5.74, 6) is -2.44. The fourth-order valence-corrected chi connectivity index (χ4v) is 3.33. The standard InChI is InChI=1S/C13H16O6Si/c1-19-10-3-5-11(6-4-10)20(18)8-9(13(16)17)2-7-12(14)15/h3-6,9H,2,7-8H2,1H3,(H,14,15)(H,16,17)/t9-/m1/s1. The number of aliphatic carboxylic acids is 2. The molecule has 0 saturated carbocycles. The lowest BCUT2D eigenvalue weighted by atomic mass is 10.1. The number of carboxylic acid groups (broad SMARTS) is 2. The molecule has 0 aliphatic heterocycles. The van der Waals surface area contributed by atoms with Crippen LogP contribution < -0.4 is 9.92 Å². The van der Waals surface area contributed by atoms with Crippen LogP contribution in [0.15, 0.2) is 24.3 Å². The molecular formula is C13H16O6Si. The van der Waals surface area contributed by atoms with Gasteiger partial charge in [-0.05, 0) is 23.7 Å². The van der Waals surface area contributed by atoms with E-state index in [0.717, 1.165) is 0 Å². The zero-order chi connectivity index (χ0) is 15.1. The van der Waals surface area contributed by atoms with E-state index in [2.05, 4.69) is 0 Å². The highest BCUT2D eigenvalue weighted by molar-refractivity contribution is 6.59. The summed E-state index contributed by atoms with van der Waals surface area (Å²) in [5.41, 5.74) is 0. The minimum atomic E-state index is -2.26. The third-order valence-electron chi connectivity index (χ3n) is 2.90. The molecule has 7 heteroatoms. The third-order valence-corrected chi connectivity index (χ3v) is 4.74. The first-order valence-corrected chi connectivity index (χ1v) is 7.67. The van der Waals surface area contributed by atoms with E-state index < -0.39 is 26.5 Å². The number of hydrogen-bond donors (Lipinski definition) is 2. The Labute approximate surface area is 117 Å². The van der Waals surface area contributed by atoms with Gasteiger partial charge in [-0.2, -0.15) is 0 Å². The summed E-state index contributed by atoms with van der Waals surface area (Å²) in [4.78, 5) is 21.5. The highest BCUT2D eigenvalue weighted by Gasteiger charge is 2.24. The van der Waals surface area contributed by atoms with Crippen LogP contribution in [0.5, 0.6) is 5.75 Å². The molecule has 0 amide bonds. The van der Waals surface area contributed by atoms with Crippen LogP contribution in [0.3, 0.4) is 0 Å². The van der Waals surface area contributed by atoms with E-state index in [4.69, 9.17) is 14.9 Å². The molecule has 0 aromatic heterocycles. The van der Waals surface area contributed by atoms with Crippen molar-refractivity contribution in [1.82, 2.24) is 0 Å². The van der Waals surface area contributed by atoms with Gasteiger partial charge in [0.25, 0.3) is 0 Å². The number of benzene rings is 1. The largest absolute Gasteiger partial charge is 0.497 e. The first-order valence-electron chi connectivity index (χ1n) is 6.06. The molecule has 6 nitrogen and oxygen atoms in total. The van der Waals surface area contributed by atoms with Gasteiger partial charge in [0.2, 0.25) is 0 Å². The molecular weight excluding hydrogens is 280 g/mol. The summed E-state index contributed by atoms with van der Waals surface area (Å²) in [7, 11) is -0.743. The van der Waals surface area contributed by atoms with Crippen molar-refractivity contribution in [3.63, 3.8) is 0 Å². The van der Waals surface area contributed by atoms with Crippen molar-refractivity contribution in [3.8, 4) is 5.75 Å². The van der Waals surface area contributed by atoms with E-state index in [9.17, 15) is 14.1 Å². The van der Waals surface area contributed by atoms with Crippen LogP contribution in [0.25, 0.3) is 0 Å². The van der Waals surface area contributed by atoms with Crippen LogP contribution in [0, 0.1) is 5.92 Å². The van der Waals surface area contributed by atoms with Crippen molar-refractivity contribution in [3.05, 3.63) is 24.3 Å². The third kappa shape index (κ3) is 4.92. The van der Waals surface area contributed by atoms with Crippen LogP contribution in [0.4, 0.5) is 0 Å². The molecule has 0 radical (unpaired) electrons. The van der Waals surface area contributed by atoms with Crippen LogP contribution >= 0.6 is 0 Å². The van der Waals surface area contributed by atoms with Crippen molar-refractivity contribution in [1.29, 1.82) is 0 Å². The lowest BCUT2D eigenvalue weighted by molar-refractivity contribution is -0.142. The average molecular weight is 296 g/mol. The van der Waals surface area contributed by atoms with Gasteiger partial charge < -0.3 is 19.4 Å². The molecule has 0 fully saturated rings. The minimum absolute atomic E-state index is 0.0166. The van der Waals surface area contributed by atoms with Crippen LogP contribution in [-0.2, 0) is 14.1 Å². The molecule has 0 bridgehead atoms. The summed E-state index contributed by atoms with van der Waals surface area (Å²) in [6.45, 7) is 0. The van der Waals surface area contributed by atoms with E-state index >= 15 is 0 Å². The summed E-state index contributed by atoms with van der Waals surface area (Å²) >= 11 is 0. The van der Waals surface area contributed by atoms with Gasteiger partial charge in [0.1, 0.15) is 5.75 Å². The van der Waals surface area contributed by atoms with Crippen molar-refractivity contribution < 1.29 is 29.0 Å². The van der Waals surface area contributed by atoms with Gasteiger partial charge >= 0.3 is 20.6 Å². The average Bonchev–Trinajstić information content (AvgIpc) is 2.42. The summed E-state index contributed by atoms with van der Waals surface area (Å²) in [6, 6.07) is 6.56. The maximum atomic E-state index is 12.1. The predicted octanol–water partition coefficient (Wildman–Crippen LogP) is 0.890. The molecule has 108 valence electrons. The second kappa shape index (κ2) is 7.54. The Kier molecular flexibility index (Phi) is 6.04. The normalized spacial score (nSPS) is 11.7. The van der Waals surface area contributed by atoms with Gasteiger partial charge in [-0.15, -0.1) is 0 Å². The maximum Gasteiger partial charge on any atom is 0.312 e. The van der Waals surface area contributed by atoms with E-state index in [1.54, 1.807) is 24.3 Å². The maximum absolute atomic E-state index is 12.1. The van der Waals surface area contributed by atoms with Crippen molar-refractivity contribution in [2.75, 3.05) is 7.11 Å². The smallest absolute Gasteiger partial charge is 0.312 e. The monoisotopic (exact) mass is 296 g/mol. The molecule has 1 aromatic rings. The fraction of sp³-hybridized carbons (Fsp3) is 0.385. The highest BCUT2D eigenvalue weighted by Crippen LogP contribution is 2.14. The summed E-state index contributed by atoms with van der Waals surface area (Å²) < 4.78 is 17.1. The van der Waals surface area contributed by atoms with E-state index in [0.29, 0.717) is 10.9 Å². The second-order valence-corrected chi connectivity index (χ2v) is 6.16. The van der Waals surface area contributed by atoms with E-state index in [-0.39, 0.29) is 18.9 Å². The lowest BCUT2D eigenvalue weighted by Crippen LogP contribution is -2.27. The fourth-order valence-electron chi connectivity index (χ4n) is 1.73. The molecule has 0 heterocycles. The molecule has 0 saturated heterocycles. The first-order chi connectivity index (χ1) is 9.43. The van der Waals surface area contributed by atoms with Crippen LogP contribution in [0.1, 0.15) is 12.8 Å². The van der Waals surface area contributed by atoms with Gasteiger partial charge in [-0.1, -0.05) is 12.1 Å². The number of carboxylic acids is 2. The Morgan fingerprint density at radius 2 is 1.85 bits per heavy atom. The SMILES string of the molecule is COc1ccc([Si](=O)C[C@@H](CCC(=O)O)C(=O)O)cc1. The molecule has 1 rings (SSSR count). The van der Waals surface area contributed by atoms with Crippen molar-refractivity contribution >= 4 is 25.8 Å². The summed E-state index contributed by atoms with van der Waals surface area (Å²) in [5, 5.41) is 18.2. The number of hydrogen-bond acceptors (Lipinski definition) is 4. The predicted molar refractivity (Wildman–Crippen MR) is 71.9 cm³/mol. The van der Waals surface area contributed by atoms with Gasteiger partial charge in [0, 0.05) is 12.5 Å². The highest BCUT2D eigenvalue weighted by atomic mass is 28.3. The van der Waals surface area contributed by atoms with E-state index in [1.807, 2.05) is 0 Å². The molecule has 0 spiro atoms. The summed E-state index contributed by atoms with van der Waals surface area (Å²) in [6.07, 6.45) is -0.258. The Hall–Kier alpha value is -2.02. The lowest BCUT2D eigenvalue weighted by Gasteiger charge is -2.09. The Morgan fingerprint density at radius 1 is 1.25 bits per heavy atom.